The minimum Gasteiger partial charge on any atom is -0.493 e. The number of amides is 2. The zero-order valence-electron chi connectivity index (χ0n) is 9.90. The van der Waals surface area contributed by atoms with Gasteiger partial charge in [0.2, 0.25) is 0 Å². The quantitative estimate of drug-likeness (QED) is 0.503. The van der Waals surface area contributed by atoms with Crippen molar-refractivity contribution < 1.29 is 9.53 Å². The Morgan fingerprint density at radius 1 is 1.47 bits per heavy atom. The van der Waals surface area contributed by atoms with E-state index in [1.807, 2.05) is 18.2 Å². The largest absolute Gasteiger partial charge is 0.493 e. The molecule has 0 aromatic heterocycles. The van der Waals surface area contributed by atoms with E-state index in [2.05, 4.69) is 38.8 Å². The van der Waals surface area contributed by atoms with Crippen molar-refractivity contribution in [2.75, 3.05) is 13.2 Å². The topological polar surface area (TPSA) is 58.8 Å². The van der Waals surface area contributed by atoms with Crippen LogP contribution >= 0.6 is 38.8 Å². The lowest BCUT2D eigenvalue weighted by Gasteiger charge is -2.24. The second kappa shape index (κ2) is 4.86. The number of carbonyl (C=O) groups excluding carboxylic acids is 1. The second-order valence-corrected chi connectivity index (χ2v) is 6.15. The summed E-state index contributed by atoms with van der Waals surface area (Å²) in [7, 11) is 0. The predicted octanol–water partition coefficient (Wildman–Crippen LogP) is 2.90. The van der Waals surface area contributed by atoms with E-state index in [9.17, 15) is 4.79 Å². The average molecular weight is 436 g/mol. The van der Waals surface area contributed by atoms with Gasteiger partial charge in [0.25, 0.3) is 0 Å². The van der Waals surface area contributed by atoms with E-state index in [1.165, 1.54) is 5.01 Å². The van der Waals surface area contributed by atoms with Crippen LogP contribution in [0, 0.1) is 0 Å². The predicted molar refractivity (Wildman–Crippen MR) is 83.3 cm³/mol. The van der Waals surface area contributed by atoms with Crippen molar-refractivity contribution in [3.05, 3.63) is 33.9 Å². The third kappa shape index (κ3) is 2.18. The summed E-state index contributed by atoms with van der Waals surface area (Å²) >= 11 is 5.57. The number of nitrogens with two attached hydrogens (primary N) is 1. The molecule has 2 amide bonds. The Hall–Kier alpha value is -0.960. The van der Waals surface area contributed by atoms with Gasteiger partial charge in [0.15, 0.2) is 0 Å². The molecule has 2 heterocycles. The second-order valence-electron chi connectivity index (χ2n) is 4.32. The normalized spacial score (nSPS) is 17.8. The van der Waals surface area contributed by atoms with Crippen LogP contribution in [0.3, 0.4) is 0 Å². The number of urea groups is 1. The highest BCUT2D eigenvalue weighted by molar-refractivity contribution is 14.1. The first-order valence-electron chi connectivity index (χ1n) is 5.75. The standard InChI is InChI=1S/C12H11BrIN3O2/c13-7-1-2-11-8(5-7)9-6-16(12(15)18)17(14)10(9)3-4-19-11/h1-2,5H,3-4,6H2,(H2,15,18). The van der Waals surface area contributed by atoms with Gasteiger partial charge in [0.1, 0.15) is 5.75 Å². The number of halogens is 2. The number of benzene rings is 1. The Morgan fingerprint density at radius 3 is 3.00 bits per heavy atom. The van der Waals surface area contributed by atoms with Crippen LogP contribution in [0.15, 0.2) is 28.4 Å². The molecule has 7 heteroatoms. The van der Waals surface area contributed by atoms with E-state index < -0.39 is 6.03 Å². The van der Waals surface area contributed by atoms with Crippen LogP contribution in [0.2, 0.25) is 0 Å². The Kier molecular flexibility index (Phi) is 3.34. The van der Waals surface area contributed by atoms with Gasteiger partial charge in [-0.15, -0.1) is 0 Å². The van der Waals surface area contributed by atoms with Crippen LogP contribution in [-0.2, 0) is 0 Å². The lowest BCUT2D eigenvalue weighted by molar-refractivity contribution is 0.164. The first kappa shape index (κ1) is 13.0. The molecule has 19 heavy (non-hydrogen) atoms. The van der Waals surface area contributed by atoms with E-state index in [1.54, 1.807) is 3.22 Å². The smallest absolute Gasteiger partial charge is 0.334 e. The van der Waals surface area contributed by atoms with Gasteiger partial charge in [-0.3, -0.25) is 0 Å². The van der Waals surface area contributed by atoms with Crippen LogP contribution in [0.4, 0.5) is 4.79 Å². The number of nitrogens with zero attached hydrogens (tertiary/aromatic N) is 2. The molecule has 0 fully saturated rings. The molecule has 0 saturated carbocycles. The number of fused-ring (bicyclic) bond motifs is 2. The molecule has 0 bridgehead atoms. The van der Waals surface area contributed by atoms with E-state index in [-0.39, 0.29) is 0 Å². The fourth-order valence-electron chi connectivity index (χ4n) is 2.33. The van der Waals surface area contributed by atoms with Crippen molar-refractivity contribution >= 4 is 50.4 Å². The minimum atomic E-state index is -0.445. The van der Waals surface area contributed by atoms with Crippen LogP contribution < -0.4 is 10.5 Å². The molecule has 0 saturated heterocycles. The number of ether oxygens (including phenoxy) is 1. The van der Waals surface area contributed by atoms with Gasteiger partial charge in [-0.1, -0.05) is 15.9 Å². The summed E-state index contributed by atoms with van der Waals surface area (Å²) in [4.78, 5) is 11.5. The average Bonchev–Trinajstić information content (AvgIpc) is 2.59. The van der Waals surface area contributed by atoms with Crippen LogP contribution in [0.25, 0.3) is 5.57 Å². The number of carbonyl (C=O) groups is 1. The molecule has 100 valence electrons. The number of primary amides is 1. The van der Waals surface area contributed by atoms with Crippen molar-refractivity contribution in [2.45, 2.75) is 6.42 Å². The fourth-order valence-corrected chi connectivity index (χ4v) is 3.59. The molecular weight excluding hydrogens is 425 g/mol. The number of rotatable bonds is 0. The third-order valence-electron chi connectivity index (χ3n) is 3.21. The van der Waals surface area contributed by atoms with Crippen molar-refractivity contribution in [3.63, 3.8) is 0 Å². The van der Waals surface area contributed by atoms with Gasteiger partial charge in [-0.2, -0.15) is 0 Å². The maximum absolute atomic E-state index is 11.5. The Labute approximate surface area is 133 Å². The van der Waals surface area contributed by atoms with Gasteiger partial charge in [-0.25, -0.2) is 13.0 Å². The molecule has 2 aliphatic heterocycles. The molecule has 3 rings (SSSR count). The van der Waals surface area contributed by atoms with Crippen LogP contribution in [-0.4, -0.2) is 27.4 Å². The van der Waals surface area contributed by atoms with Crippen molar-refractivity contribution in [1.82, 2.24) is 8.23 Å². The molecule has 2 N–H and O–H groups in total. The summed E-state index contributed by atoms with van der Waals surface area (Å²) in [5, 5.41) is 1.53. The lowest BCUT2D eigenvalue weighted by atomic mass is 10.0. The van der Waals surface area contributed by atoms with Gasteiger partial charge in [-0.05, 0) is 18.2 Å². The molecule has 0 atom stereocenters. The molecular formula is C12H11BrIN3O2. The monoisotopic (exact) mass is 435 g/mol. The first-order chi connectivity index (χ1) is 9.08. The first-order valence-corrected chi connectivity index (χ1v) is 7.51. The molecule has 0 radical (unpaired) electrons. The molecule has 2 aliphatic rings. The minimum absolute atomic E-state index is 0.445. The Balaban J connectivity index is 2.10. The zero-order valence-corrected chi connectivity index (χ0v) is 13.6. The Morgan fingerprint density at radius 2 is 2.26 bits per heavy atom. The van der Waals surface area contributed by atoms with E-state index in [0.717, 1.165) is 33.5 Å². The maximum atomic E-state index is 11.5. The van der Waals surface area contributed by atoms with Crippen LogP contribution in [0.5, 0.6) is 5.75 Å². The molecule has 0 aliphatic carbocycles. The summed E-state index contributed by atoms with van der Waals surface area (Å²) in [6, 6.07) is 5.47. The van der Waals surface area contributed by atoms with Gasteiger partial charge < -0.3 is 10.5 Å². The zero-order chi connectivity index (χ0) is 13.6. The fraction of sp³-hybridized carbons (Fsp3) is 0.250. The molecule has 0 spiro atoms. The summed E-state index contributed by atoms with van der Waals surface area (Å²) in [6.45, 7) is 1.08. The maximum Gasteiger partial charge on any atom is 0.334 e. The third-order valence-corrected chi connectivity index (χ3v) is 4.80. The summed E-state index contributed by atoms with van der Waals surface area (Å²) in [5.41, 5.74) is 8.60. The SMILES string of the molecule is NC(=O)N1CC2=C(CCOc3ccc(Br)cc32)N1I. The highest BCUT2D eigenvalue weighted by Gasteiger charge is 2.34. The van der Waals surface area contributed by atoms with Crippen molar-refractivity contribution in [3.8, 4) is 5.75 Å². The van der Waals surface area contributed by atoms with Gasteiger partial charge in [0.05, 0.1) is 41.7 Å². The van der Waals surface area contributed by atoms with E-state index in [4.69, 9.17) is 10.5 Å². The number of hydrazine groups is 1. The summed E-state index contributed by atoms with van der Waals surface area (Å²) in [6.07, 6.45) is 0.758. The van der Waals surface area contributed by atoms with Crippen LogP contribution in [0.1, 0.15) is 12.0 Å². The van der Waals surface area contributed by atoms with Gasteiger partial charge in [0, 0.05) is 22.0 Å². The summed E-state index contributed by atoms with van der Waals surface area (Å²) < 4.78 is 8.54. The number of hydrogen-bond acceptors (Lipinski definition) is 3. The number of hydrogen-bond donors (Lipinski definition) is 1. The van der Waals surface area contributed by atoms with Crippen molar-refractivity contribution in [2.24, 2.45) is 5.73 Å². The highest BCUT2D eigenvalue weighted by atomic mass is 127. The molecule has 0 unspecified atom stereocenters. The van der Waals surface area contributed by atoms with E-state index >= 15 is 0 Å². The van der Waals surface area contributed by atoms with Gasteiger partial charge >= 0.3 is 6.03 Å². The lowest BCUT2D eigenvalue weighted by Crippen LogP contribution is -2.40. The van der Waals surface area contributed by atoms with E-state index in [0.29, 0.717) is 13.2 Å². The Bertz CT molecular complexity index is 590. The molecule has 5 nitrogen and oxygen atoms in total. The summed E-state index contributed by atoms with van der Waals surface area (Å²) in [5.74, 6) is 0.851. The highest BCUT2D eigenvalue weighted by Crippen LogP contribution is 2.41. The molecule has 1 aromatic rings. The van der Waals surface area contributed by atoms with Crippen molar-refractivity contribution in [1.29, 1.82) is 0 Å². The molecule has 1 aromatic carbocycles.